The molecule has 0 aliphatic heterocycles. The van der Waals surface area contributed by atoms with Gasteiger partial charge in [-0.25, -0.2) is 4.98 Å². The van der Waals surface area contributed by atoms with Gasteiger partial charge in [-0.3, -0.25) is 4.40 Å². The SMILES string of the molecule is CC(C)C(N)c1nnc2ccncn12. The number of fused-ring (bicyclic) bond motifs is 1. The minimum Gasteiger partial charge on any atom is -0.321 e. The fourth-order valence-electron chi connectivity index (χ4n) is 1.29. The highest BCUT2D eigenvalue weighted by molar-refractivity contribution is 5.35. The quantitative estimate of drug-likeness (QED) is 0.761. The molecule has 0 fully saturated rings. The lowest BCUT2D eigenvalue weighted by atomic mass is 10.1. The third-order valence-corrected chi connectivity index (χ3v) is 2.26. The molecule has 2 N–H and O–H groups in total. The summed E-state index contributed by atoms with van der Waals surface area (Å²) >= 11 is 0. The van der Waals surface area contributed by atoms with Crippen molar-refractivity contribution in [2.45, 2.75) is 19.9 Å². The highest BCUT2D eigenvalue weighted by atomic mass is 15.3. The van der Waals surface area contributed by atoms with E-state index >= 15 is 0 Å². The fourth-order valence-corrected chi connectivity index (χ4v) is 1.29. The van der Waals surface area contributed by atoms with Crippen LogP contribution in [0.25, 0.3) is 5.65 Å². The molecule has 0 radical (unpaired) electrons. The van der Waals surface area contributed by atoms with Gasteiger partial charge >= 0.3 is 0 Å². The first kappa shape index (κ1) is 9.08. The molecule has 74 valence electrons. The predicted molar refractivity (Wildman–Crippen MR) is 52.5 cm³/mol. The van der Waals surface area contributed by atoms with Gasteiger partial charge in [-0.1, -0.05) is 13.8 Å². The molecule has 0 amide bonds. The molecule has 0 saturated heterocycles. The number of nitrogens with two attached hydrogens (primary N) is 1. The van der Waals surface area contributed by atoms with E-state index in [0.29, 0.717) is 5.92 Å². The molecule has 2 aromatic heterocycles. The molecule has 2 heterocycles. The summed E-state index contributed by atoms with van der Waals surface area (Å²) in [6, 6.07) is 1.71. The Morgan fingerprint density at radius 2 is 2.14 bits per heavy atom. The third-order valence-electron chi connectivity index (χ3n) is 2.26. The van der Waals surface area contributed by atoms with Crippen LogP contribution in [0.15, 0.2) is 18.6 Å². The lowest BCUT2D eigenvalue weighted by Gasteiger charge is -2.12. The summed E-state index contributed by atoms with van der Waals surface area (Å²) in [6.07, 6.45) is 3.38. The number of rotatable bonds is 2. The van der Waals surface area contributed by atoms with Crippen molar-refractivity contribution in [3.05, 3.63) is 24.4 Å². The van der Waals surface area contributed by atoms with Crippen LogP contribution in [-0.4, -0.2) is 19.6 Å². The summed E-state index contributed by atoms with van der Waals surface area (Å²) in [6.45, 7) is 4.12. The lowest BCUT2D eigenvalue weighted by Crippen LogP contribution is -2.19. The number of nitrogens with zero attached hydrogens (tertiary/aromatic N) is 4. The Labute approximate surface area is 82.0 Å². The predicted octanol–water partition coefficient (Wildman–Crippen LogP) is 0.780. The van der Waals surface area contributed by atoms with Gasteiger partial charge in [0.25, 0.3) is 0 Å². The van der Waals surface area contributed by atoms with Crippen LogP contribution < -0.4 is 5.73 Å². The van der Waals surface area contributed by atoms with E-state index in [-0.39, 0.29) is 6.04 Å². The van der Waals surface area contributed by atoms with Gasteiger partial charge < -0.3 is 5.73 Å². The van der Waals surface area contributed by atoms with Crippen LogP contribution >= 0.6 is 0 Å². The Morgan fingerprint density at radius 3 is 2.86 bits per heavy atom. The molecular formula is C9H13N5. The molecular weight excluding hydrogens is 178 g/mol. The maximum atomic E-state index is 6.00. The van der Waals surface area contributed by atoms with E-state index in [4.69, 9.17) is 5.73 Å². The summed E-state index contributed by atoms with van der Waals surface area (Å²) in [4.78, 5) is 4.01. The smallest absolute Gasteiger partial charge is 0.163 e. The second kappa shape index (κ2) is 3.34. The first-order chi connectivity index (χ1) is 6.70. The first-order valence-corrected chi connectivity index (χ1v) is 4.60. The van der Waals surface area contributed by atoms with Crippen LogP contribution in [0.4, 0.5) is 0 Å². The van der Waals surface area contributed by atoms with Crippen molar-refractivity contribution in [1.82, 2.24) is 19.6 Å². The van der Waals surface area contributed by atoms with E-state index in [2.05, 4.69) is 29.0 Å². The van der Waals surface area contributed by atoms with Gasteiger partial charge in [0.2, 0.25) is 0 Å². The standard InChI is InChI=1S/C9H13N5/c1-6(2)8(10)9-13-12-7-3-4-11-5-14(7)9/h3-6,8H,10H2,1-2H3. The van der Waals surface area contributed by atoms with Gasteiger partial charge in [-0.2, -0.15) is 0 Å². The molecule has 0 aliphatic carbocycles. The molecule has 1 atom stereocenters. The Kier molecular flexibility index (Phi) is 2.17. The van der Waals surface area contributed by atoms with E-state index < -0.39 is 0 Å². The third kappa shape index (κ3) is 1.35. The van der Waals surface area contributed by atoms with E-state index in [9.17, 15) is 0 Å². The van der Waals surface area contributed by atoms with E-state index in [1.54, 1.807) is 12.5 Å². The fraction of sp³-hybridized carbons (Fsp3) is 0.444. The van der Waals surface area contributed by atoms with Crippen LogP contribution in [0.5, 0.6) is 0 Å². The van der Waals surface area contributed by atoms with E-state index in [0.717, 1.165) is 11.5 Å². The Hall–Kier alpha value is -1.49. The maximum absolute atomic E-state index is 6.00. The van der Waals surface area contributed by atoms with Gasteiger partial charge in [-0.15, -0.1) is 10.2 Å². The zero-order valence-corrected chi connectivity index (χ0v) is 8.25. The average Bonchev–Trinajstić information content (AvgIpc) is 2.60. The highest BCUT2D eigenvalue weighted by Crippen LogP contribution is 2.16. The van der Waals surface area contributed by atoms with Crippen molar-refractivity contribution in [3.8, 4) is 0 Å². The summed E-state index contributed by atoms with van der Waals surface area (Å²) in [5, 5.41) is 8.08. The maximum Gasteiger partial charge on any atom is 0.163 e. The van der Waals surface area contributed by atoms with E-state index in [1.165, 1.54) is 0 Å². The molecule has 0 aromatic carbocycles. The highest BCUT2D eigenvalue weighted by Gasteiger charge is 2.16. The van der Waals surface area contributed by atoms with Crippen molar-refractivity contribution >= 4 is 5.65 Å². The van der Waals surface area contributed by atoms with Crippen molar-refractivity contribution < 1.29 is 0 Å². The van der Waals surface area contributed by atoms with Crippen LogP contribution in [0.3, 0.4) is 0 Å². The van der Waals surface area contributed by atoms with Crippen molar-refractivity contribution in [3.63, 3.8) is 0 Å². The normalized spacial score (nSPS) is 13.7. The van der Waals surface area contributed by atoms with E-state index in [1.807, 2.05) is 10.5 Å². The average molecular weight is 191 g/mol. The molecule has 2 aromatic rings. The lowest BCUT2D eigenvalue weighted by molar-refractivity contribution is 0.486. The molecule has 5 heteroatoms. The summed E-state index contributed by atoms with van der Waals surface area (Å²) in [7, 11) is 0. The zero-order valence-electron chi connectivity index (χ0n) is 8.25. The molecule has 1 unspecified atom stereocenters. The van der Waals surface area contributed by atoms with Gasteiger partial charge in [0.1, 0.15) is 6.33 Å². The van der Waals surface area contributed by atoms with Crippen LogP contribution in [-0.2, 0) is 0 Å². The topological polar surface area (TPSA) is 69.1 Å². The first-order valence-electron chi connectivity index (χ1n) is 4.60. The van der Waals surface area contributed by atoms with Gasteiger partial charge in [0.15, 0.2) is 11.5 Å². The second-order valence-electron chi connectivity index (χ2n) is 3.64. The monoisotopic (exact) mass is 191 g/mol. The number of hydrogen-bond donors (Lipinski definition) is 1. The minimum absolute atomic E-state index is 0.103. The zero-order chi connectivity index (χ0) is 10.1. The summed E-state index contributed by atoms with van der Waals surface area (Å²) in [5.41, 5.74) is 6.78. The summed E-state index contributed by atoms with van der Waals surface area (Å²) < 4.78 is 1.82. The minimum atomic E-state index is -0.103. The molecule has 5 nitrogen and oxygen atoms in total. The van der Waals surface area contributed by atoms with Crippen LogP contribution in [0, 0.1) is 5.92 Å². The molecule has 0 spiro atoms. The number of aromatic nitrogens is 4. The van der Waals surface area contributed by atoms with Crippen molar-refractivity contribution in [2.75, 3.05) is 0 Å². The Morgan fingerprint density at radius 1 is 1.36 bits per heavy atom. The van der Waals surface area contributed by atoms with Crippen molar-refractivity contribution in [2.24, 2.45) is 11.7 Å². The van der Waals surface area contributed by atoms with Gasteiger partial charge in [-0.05, 0) is 5.92 Å². The molecule has 0 bridgehead atoms. The molecule has 0 saturated carbocycles. The summed E-state index contributed by atoms with van der Waals surface area (Å²) in [5.74, 6) is 1.10. The van der Waals surface area contributed by atoms with Gasteiger partial charge in [0, 0.05) is 12.3 Å². The molecule has 0 aliphatic rings. The molecule has 2 rings (SSSR count). The molecule has 14 heavy (non-hydrogen) atoms. The largest absolute Gasteiger partial charge is 0.321 e. The number of hydrogen-bond acceptors (Lipinski definition) is 4. The second-order valence-corrected chi connectivity index (χ2v) is 3.64. The Bertz CT molecular complexity index is 433. The van der Waals surface area contributed by atoms with Crippen LogP contribution in [0.1, 0.15) is 25.7 Å². The van der Waals surface area contributed by atoms with Crippen LogP contribution in [0.2, 0.25) is 0 Å². The van der Waals surface area contributed by atoms with Crippen molar-refractivity contribution in [1.29, 1.82) is 0 Å². The Balaban J connectivity index is 2.53. The van der Waals surface area contributed by atoms with Gasteiger partial charge in [0.05, 0.1) is 6.04 Å².